The summed E-state index contributed by atoms with van der Waals surface area (Å²) in [5.41, 5.74) is 1.42. The molecule has 9 heteroatoms. The second-order valence-electron chi connectivity index (χ2n) is 9.35. The van der Waals surface area contributed by atoms with E-state index in [1.165, 1.54) is 9.58 Å². The van der Waals surface area contributed by atoms with Gasteiger partial charge in [-0.3, -0.25) is 19.3 Å². The Morgan fingerprint density at radius 3 is 2.47 bits per heavy atom. The molecular weight excluding hydrogens is 460 g/mol. The maximum absolute atomic E-state index is 13.3. The van der Waals surface area contributed by atoms with E-state index < -0.39 is 11.9 Å². The Morgan fingerprint density at radius 2 is 1.78 bits per heavy atom. The third-order valence-corrected chi connectivity index (χ3v) is 7.17. The first-order chi connectivity index (χ1) is 17.5. The number of anilines is 1. The molecule has 2 fully saturated rings. The molecule has 2 aromatic carbocycles. The van der Waals surface area contributed by atoms with Crippen LogP contribution in [-0.4, -0.2) is 53.0 Å². The number of benzene rings is 2. The van der Waals surface area contributed by atoms with Gasteiger partial charge in [-0.2, -0.15) is 5.10 Å². The Morgan fingerprint density at radius 1 is 1.03 bits per heavy atom. The number of imide groups is 1. The first kappa shape index (κ1) is 23.7. The number of rotatable bonds is 6. The van der Waals surface area contributed by atoms with E-state index in [-0.39, 0.29) is 36.8 Å². The van der Waals surface area contributed by atoms with Crippen LogP contribution in [0.1, 0.15) is 37.3 Å². The van der Waals surface area contributed by atoms with Crippen molar-refractivity contribution in [3.63, 3.8) is 0 Å². The van der Waals surface area contributed by atoms with Crippen molar-refractivity contribution in [1.82, 2.24) is 14.7 Å². The molecule has 2 aliphatic heterocycles. The molecule has 0 radical (unpaired) electrons. The van der Waals surface area contributed by atoms with Gasteiger partial charge in [0.15, 0.2) is 0 Å². The summed E-state index contributed by atoms with van der Waals surface area (Å²) in [7, 11) is 1.57. The molecule has 36 heavy (non-hydrogen) atoms. The van der Waals surface area contributed by atoms with Crippen LogP contribution in [0.15, 0.2) is 53.5 Å². The quantitative estimate of drug-likeness (QED) is 0.388. The van der Waals surface area contributed by atoms with Gasteiger partial charge in [-0.25, -0.2) is 4.68 Å². The maximum Gasteiger partial charge on any atom is 0.275 e. The van der Waals surface area contributed by atoms with Crippen LogP contribution >= 0.6 is 0 Å². The molecule has 0 bridgehead atoms. The Balaban J connectivity index is 1.38. The molecule has 2 aliphatic rings. The van der Waals surface area contributed by atoms with Gasteiger partial charge in [-0.1, -0.05) is 12.1 Å². The van der Waals surface area contributed by atoms with E-state index in [1.54, 1.807) is 31.5 Å². The summed E-state index contributed by atoms with van der Waals surface area (Å²) in [5, 5.41) is 5.52. The number of likely N-dealkylation sites (tertiary alicyclic amines) is 1. The number of amides is 2. The lowest BCUT2D eigenvalue weighted by atomic mass is 9.98. The van der Waals surface area contributed by atoms with Crippen LogP contribution in [-0.2, 0) is 20.9 Å². The summed E-state index contributed by atoms with van der Waals surface area (Å²) >= 11 is 0. The molecule has 1 atom stereocenters. The van der Waals surface area contributed by atoms with Gasteiger partial charge in [0.25, 0.3) is 11.5 Å². The number of methoxy groups -OCH3 is 1. The molecule has 5 rings (SSSR count). The van der Waals surface area contributed by atoms with E-state index in [1.807, 2.05) is 24.3 Å². The molecule has 0 aliphatic carbocycles. The maximum atomic E-state index is 13.3. The standard InChI is InChI=1S/C27H28N4O5/c1-36-22-5-2-18(3-6-22)16-30-25(33)9-8-24(27(30)35)31-26(34)23-7-4-21(14-20(23)15-28-31)29-12-10-19(17-32)11-13-29/h2-7,14-15,17,19,24H,8-13,16H2,1H3. The van der Waals surface area contributed by atoms with Gasteiger partial charge < -0.3 is 14.4 Å². The van der Waals surface area contributed by atoms with Crippen LogP contribution in [0.4, 0.5) is 5.69 Å². The SMILES string of the molecule is COc1ccc(CN2C(=O)CCC(n3ncc4cc(N5CCC(C=O)CC5)ccc4c3=O)C2=O)cc1. The molecule has 0 saturated carbocycles. The molecule has 1 aromatic heterocycles. The largest absolute Gasteiger partial charge is 0.497 e. The fourth-order valence-corrected chi connectivity index (χ4v) is 4.99. The highest BCUT2D eigenvalue weighted by atomic mass is 16.5. The fraction of sp³-hybridized carbons (Fsp3) is 0.370. The highest BCUT2D eigenvalue weighted by Crippen LogP contribution is 2.27. The molecular formula is C27H28N4O5. The van der Waals surface area contributed by atoms with Gasteiger partial charge in [0, 0.05) is 36.5 Å². The topological polar surface area (TPSA) is 102 Å². The summed E-state index contributed by atoms with van der Waals surface area (Å²) in [5.74, 6) is 0.114. The molecule has 0 N–H and O–H groups in total. The zero-order valence-electron chi connectivity index (χ0n) is 20.1. The minimum Gasteiger partial charge on any atom is -0.497 e. The summed E-state index contributed by atoms with van der Waals surface area (Å²) < 4.78 is 6.38. The van der Waals surface area contributed by atoms with Crippen molar-refractivity contribution in [3.8, 4) is 5.75 Å². The average Bonchev–Trinajstić information content (AvgIpc) is 2.92. The number of carbonyl (C=O) groups is 3. The minimum atomic E-state index is -0.833. The third-order valence-electron chi connectivity index (χ3n) is 7.17. The van der Waals surface area contributed by atoms with Crippen molar-refractivity contribution in [3.05, 3.63) is 64.6 Å². The van der Waals surface area contributed by atoms with Crippen molar-refractivity contribution < 1.29 is 19.1 Å². The van der Waals surface area contributed by atoms with Gasteiger partial charge in [0.2, 0.25) is 5.91 Å². The summed E-state index contributed by atoms with van der Waals surface area (Å²) in [6.07, 6.45) is 4.67. The van der Waals surface area contributed by atoms with E-state index >= 15 is 0 Å². The van der Waals surface area contributed by atoms with Crippen LogP contribution in [0.25, 0.3) is 10.8 Å². The number of aromatic nitrogens is 2. The second kappa shape index (κ2) is 9.93. The molecule has 3 heterocycles. The highest BCUT2D eigenvalue weighted by molar-refractivity contribution is 5.99. The molecule has 2 saturated heterocycles. The average molecular weight is 489 g/mol. The van der Waals surface area contributed by atoms with Gasteiger partial charge in [-0.15, -0.1) is 0 Å². The lowest BCUT2D eigenvalue weighted by Crippen LogP contribution is -2.47. The van der Waals surface area contributed by atoms with E-state index in [0.717, 1.165) is 43.5 Å². The number of piperidine rings is 2. The van der Waals surface area contributed by atoms with E-state index in [9.17, 15) is 19.2 Å². The van der Waals surface area contributed by atoms with Crippen molar-refractivity contribution >= 4 is 34.6 Å². The zero-order chi connectivity index (χ0) is 25.2. The summed E-state index contributed by atoms with van der Waals surface area (Å²) in [4.78, 5) is 53.7. The lowest BCUT2D eigenvalue weighted by molar-refractivity contribution is -0.152. The number of nitrogens with zero attached hydrogens (tertiary/aromatic N) is 4. The van der Waals surface area contributed by atoms with Crippen LogP contribution in [0, 0.1) is 5.92 Å². The van der Waals surface area contributed by atoms with Gasteiger partial charge >= 0.3 is 0 Å². The van der Waals surface area contributed by atoms with Crippen molar-refractivity contribution in [2.24, 2.45) is 5.92 Å². The summed E-state index contributed by atoms with van der Waals surface area (Å²) in [6, 6.07) is 11.9. The predicted octanol–water partition coefficient (Wildman–Crippen LogP) is 2.71. The van der Waals surface area contributed by atoms with Crippen LogP contribution < -0.4 is 15.2 Å². The molecule has 9 nitrogen and oxygen atoms in total. The first-order valence-corrected chi connectivity index (χ1v) is 12.2. The van der Waals surface area contributed by atoms with E-state index in [4.69, 9.17) is 4.74 Å². The normalized spacial score (nSPS) is 19.1. The van der Waals surface area contributed by atoms with Gasteiger partial charge in [0.1, 0.15) is 18.1 Å². The van der Waals surface area contributed by atoms with Crippen molar-refractivity contribution in [1.29, 1.82) is 0 Å². The Bertz CT molecular complexity index is 1360. The number of hydrogen-bond donors (Lipinski definition) is 0. The Kier molecular flexibility index (Phi) is 6.54. The van der Waals surface area contributed by atoms with E-state index in [2.05, 4.69) is 10.00 Å². The summed E-state index contributed by atoms with van der Waals surface area (Å²) in [6.45, 7) is 1.70. The molecule has 1 unspecified atom stereocenters. The fourth-order valence-electron chi connectivity index (χ4n) is 4.99. The van der Waals surface area contributed by atoms with Crippen LogP contribution in [0.3, 0.4) is 0 Å². The number of hydrogen-bond acceptors (Lipinski definition) is 7. The lowest BCUT2D eigenvalue weighted by Gasteiger charge is -2.32. The van der Waals surface area contributed by atoms with Crippen molar-refractivity contribution in [2.45, 2.75) is 38.3 Å². The van der Waals surface area contributed by atoms with Crippen LogP contribution in [0.5, 0.6) is 5.75 Å². The third kappa shape index (κ3) is 4.48. The monoisotopic (exact) mass is 488 g/mol. The van der Waals surface area contributed by atoms with Gasteiger partial charge in [-0.05, 0) is 55.2 Å². The Hall–Kier alpha value is -4.01. The second-order valence-corrected chi connectivity index (χ2v) is 9.35. The number of fused-ring (bicyclic) bond motifs is 1. The van der Waals surface area contributed by atoms with Gasteiger partial charge in [0.05, 0.1) is 25.2 Å². The minimum absolute atomic E-state index is 0.111. The molecule has 2 amide bonds. The van der Waals surface area contributed by atoms with Crippen LogP contribution in [0.2, 0.25) is 0 Å². The smallest absolute Gasteiger partial charge is 0.275 e. The molecule has 3 aromatic rings. The molecule has 0 spiro atoms. The zero-order valence-corrected chi connectivity index (χ0v) is 20.1. The van der Waals surface area contributed by atoms with Crippen molar-refractivity contribution in [2.75, 3.05) is 25.1 Å². The Labute approximate surface area is 208 Å². The number of aldehydes is 1. The number of ether oxygens (including phenoxy) is 1. The number of carbonyl (C=O) groups excluding carboxylic acids is 3. The first-order valence-electron chi connectivity index (χ1n) is 12.2. The molecule has 186 valence electrons. The predicted molar refractivity (Wildman–Crippen MR) is 134 cm³/mol. The highest BCUT2D eigenvalue weighted by Gasteiger charge is 2.36. The van der Waals surface area contributed by atoms with E-state index in [0.29, 0.717) is 16.5 Å².